The summed E-state index contributed by atoms with van der Waals surface area (Å²) in [5.41, 5.74) is 6.59. The molecule has 0 saturated heterocycles. The van der Waals surface area contributed by atoms with Crippen LogP contribution in [0.5, 0.6) is 0 Å². The lowest BCUT2D eigenvalue weighted by Crippen LogP contribution is -2.27. The number of nitrogens with two attached hydrogens (primary N) is 1. The summed E-state index contributed by atoms with van der Waals surface area (Å²) >= 11 is 4.73. The van der Waals surface area contributed by atoms with E-state index in [0.717, 1.165) is 5.56 Å². The zero-order chi connectivity index (χ0) is 14.0. The Morgan fingerprint density at radius 2 is 2.26 bits per heavy atom. The lowest BCUT2D eigenvalue weighted by molar-refractivity contribution is 0.467. The second-order valence-electron chi connectivity index (χ2n) is 3.93. The van der Waals surface area contributed by atoms with Crippen LogP contribution in [0.4, 0.5) is 5.82 Å². The summed E-state index contributed by atoms with van der Waals surface area (Å²) in [5.74, 6) is 0.000341. The second kappa shape index (κ2) is 5.58. The molecular weight excluding hydrogens is 350 g/mol. The smallest absolute Gasteiger partial charge is 0.246 e. The minimum atomic E-state index is -3.65. The fourth-order valence-electron chi connectivity index (χ4n) is 1.53. The molecule has 0 aliphatic rings. The summed E-state index contributed by atoms with van der Waals surface area (Å²) in [5, 5.41) is 3.82. The van der Waals surface area contributed by atoms with E-state index in [2.05, 4.69) is 20.9 Å². The van der Waals surface area contributed by atoms with Crippen molar-refractivity contribution in [1.29, 1.82) is 0 Å². The van der Waals surface area contributed by atoms with Gasteiger partial charge in [-0.25, -0.2) is 13.4 Å². The Morgan fingerprint density at radius 1 is 1.53 bits per heavy atom. The van der Waals surface area contributed by atoms with Crippen LogP contribution in [-0.2, 0) is 16.6 Å². The van der Waals surface area contributed by atoms with E-state index in [-0.39, 0.29) is 10.7 Å². The van der Waals surface area contributed by atoms with Crippen molar-refractivity contribution in [2.45, 2.75) is 11.4 Å². The van der Waals surface area contributed by atoms with Crippen molar-refractivity contribution in [3.8, 4) is 0 Å². The normalized spacial score (nSPS) is 11.9. The Hall–Kier alpha value is -0.960. The molecule has 0 saturated carbocycles. The molecule has 0 aliphatic heterocycles. The van der Waals surface area contributed by atoms with E-state index in [0.29, 0.717) is 11.0 Å². The van der Waals surface area contributed by atoms with Crippen LogP contribution >= 0.6 is 27.3 Å². The fourth-order valence-corrected chi connectivity index (χ4v) is 3.92. The molecule has 19 heavy (non-hydrogen) atoms. The SMILES string of the molecule is CN(Cc1ccsc1)S(=O)(=O)c1cc(Br)cnc1N. The summed E-state index contributed by atoms with van der Waals surface area (Å²) in [4.78, 5) is 3.87. The Bertz CT molecular complexity index is 671. The molecule has 0 atom stereocenters. The Balaban J connectivity index is 2.33. The van der Waals surface area contributed by atoms with Crippen LogP contribution < -0.4 is 5.73 Å². The van der Waals surface area contributed by atoms with E-state index in [4.69, 9.17) is 5.73 Å². The van der Waals surface area contributed by atoms with Crippen molar-refractivity contribution >= 4 is 43.1 Å². The molecule has 0 aromatic carbocycles. The first kappa shape index (κ1) is 14.4. The molecule has 2 aromatic rings. The summed E-state index contributed by atoms with van der Waals surface area (Å²) < 4.78 is 26.7. The summed E-state index contributed by atoms with van der Waals surface area (Å²) in [6.07, 6.45) is 1.47. The molecule has 2 heterocycles. The first-order valence-electron chi connectivity index (χ1n) is 5.29. The van der Waals surface area contributed by atoms with Gasteiger partial charge in [0.25, 0.3) is 0 Å². The fraction of sp³-hybridized carbons (Fsp3) is 0.182. The average Bonchev–Trinajstić information content (AvgIpc) is 2.85. The minimum absolute atomic E-state index is 0.000341. The lowest BCUT2D eigenvalue weighted by Gasteiger charge is -2.17. The molecule has 0 aliphatic carbocycles. The van der Waals surface area contributed by atoms with Gasteiger partial charge in [-0.2, -0.15) is 15.6 Å². The molecule has 2 aromatic heterocycles. The van der Waals surface area contributed by atoms with E-state index in [9.17, 15) is 8.42 Å². The van der Waals surface area contributed by atoms with Crippen LogP contribution in [0.3, 0.4) is 0 Å². The highest BCUT2D eigenvalue weighted by atomic mass is 79.9. The summed E-state index contributed by atoms with van der Waals surface area (Å²) in [6, 6.07) is 3.35. The van der Waals surface area contributed by atoms with Crippen LogP contribution in [-0.4, -0.2) is 24.8 Å². The standard InChI is InChI=1S/C11H12BrN3O2S2/c1-15(6-8-2-3-18-7-8)19(16,17)10-4-9(12)5-14-11(10)13/h2-5,7H,6H2,1H3,(H2,13,14). The van der Waals surface area contributed by atoms with Crippen molar-refractivity contribution < 1.29 is 8.42 Å². The van der Waals surface area contributed by atoms with Crippen LogP contribution in [0.1, 0.15) is 5.56 Å². The molecule has 8 heteroatoms. The van der Waals surface area contributed by atoms with E-state index in [1.54, 1.807) is 0 Å². The van der Waals surface area contributed by atoms with E-state index < -0.39 is 10.0 Å². The maximum atomic E-state index is 12.4. The third-order valence-corrected chi connectivity index (χ3v) is 5.52. The van der Waals surface area contributed by atoms with Crippen molar-refractivity contribution in [1.82, 2.24) is 9.29 Å². The van der Waals surface area contributed by atoms with Gasteiger partial charge in [0.15, 0.2) is 0 Å². The number of thiophene rings is 1. The number of sulfonamides is 1. The zero-order valence-electron chi connectivity index (χ0n) is 10.1. The van der Waals surface area contributed by atoms with Crippen LogP contribution in [0.2, 0.25) is 0 Å². The monoisotopic (exact) mass is 361 g/mol. The van der Waals surface area contributed by atoms with Gasteiger partial charge in [-0.1, -0.05) is 0 Å². The third kappa shape index (κ3) is 3.14. The molecule has 0 unspecified atom stereocenters. The highest BCUT2D eigenvalue weighted by molar-refractivity contribution is 9.10. The van der Waals surface area contributed by atoms with Gasteiger partial charge in [0.05, 0.1) is 0 Å². The molecule has 5 nitrogen and oxygen atoms in total. The van der Waals surface area contributed by atoms with Crippen molar-refractivity contribution in [2.24, 2.45) is 0 Å². The highest BCUT2D eigenvalue weighted by Crippen LogP contribution is 2.24. The maximum Gasteiger partial charge on any atom is 0.246 e. The molecule has 2 N–H and O–H groups in total. The lowest BCUT2D eigenvalue weighted by atomic mass is 10.3. The molecular formula is C11H12BrN3O2S2. The number of hydrogen-bond donors (Lipinski definition) is 1. The second-order valence-corrected chi connectivity index (χ2v) is 7.64. The number of halogens is 1. The number of rotatable bonds is 4. The summed E-state index contributed by atoms with van der Waals surface area (Å²) in [7, 11) is -2.13. The van der Waals surface area contributed by atoms with Gasteiger partial charge in [0.2, 0.25) is 10.0 Å². The number of aromatic nitrogens is 1. The van der Waals surface area contributed by atoms with Gasteiger partial charge in [0, 0.05) is 24.3 Å². The van der Waals surface area contributed by atoms with Gasteiger partial charge >= 0.3 is 0 Å². The number of anilines is 1. The number of pyridine rings is 1. The van der Waals surface area contributed by atoms with Crippen LogP contribution in [0.15, 0.2) is 38.5 Å². The topological polar surface area (TPSA) is 76.3 Å². The van der Waals surface area contributed by atoms with Gasteiger partial charge in [-0.05, 0) is 44.4 Å². The molecule has 0 fully saturated rings. The maximum absolute atomic E-state index is 12.4. The molecule has 0 bridgehead atoms. The molecule has 0 spiro atoms. The van der Waals surface area contributed by atoms with E-state index in [1.165, 1.54) is 35.0 Å². The molecule has 2 rings (SSSR count). The van der Waals surface area contributed by atoms with Gasteiger partial charge in [0.1, 0.15) is 10.7 Å². The van der Waals surface area contributed by atoms with Gasteiger partial charge < -0.3 is 5.73 Å². The van der Waals surface area contributed by atoms with Gasteiger partial charge in [-0.3, -0.25) is 0 Å². The molecule has 102 valence electrons. The minimum Gasteiger partial charge on any atom is -0.383 e. The van der Waals surface area contributed by atoms with Crippen molar-refractivity contribution in [3.63, 3.8) is 0 Å². The molecule has 0 amide bonds. The molecule has 0 radical (unpaired) electrons. The third-order valence-electron chi connectivity index (χ3n) is 2.52. The van der Waals surface area contributed by atoms with Gasteiger partial charge in [-0.15, -0.1) is 0 Å². The first-order valence-corrected chi connectivity index (χ1v) is 8.47. The number of hydrogen-bond acceptors (Lipinski definition) is 5. The first-order chi connectivity index (χ1) is 8.91. The van der Waals surface area contributed by atoms with E-state index >= 15 is 0 Å². The predicted octanol–water partition coefficient (Wildman–Crippen LogP) is 2.31. The predicted molar refractivity (Wildman–Crippen MR) is 79.3 cm³/mol. The Morgan fingerprint density at radius 3 is 2.89 bits per heavy atom. The average molecular weight is 362 g/mol. The number of nitrogens with zero attached hydrogens (tertiary/aromatic N) is 2. The van der Waals surface area contributed by atoms with Crippen molar-refractivity contribution in [3.05, 3.63) is 39.1 Å². The Labute approximate surface area is 124 Å². The highest BCUT2D eigenvalue weighted by Gasteiger charge is 2.24. The Kier molecular flexibility index (Phi) is 4.24. The van der Waals surface area contributed by atoms with Crippen LogP contribution in [0.25, 0.3) is 0 Å². The number of nitrogen functional groups attached to an aromatic ring is 1. The largest absolute Gasteiger partial charge is 0.383 e. The van der Waals surface area contributed by atoms with Crippen molar-refractivity contribution in [2.75, 3.05) is 12.8 Å². The zero-order valence-corrected chi connectivity index (χ0v) is 13.3. The summed E-state index contributed by atoms with van der Waals surface area (Å²) in [6.45, 7) is 0.303. The van der Waals surface area contributed by atoms with Crippen LogP contribution in [0, 0.1) is 0 Å². The quantitative estimate of drug-likeness (QED) is 0.906. The van der Waals surface area contributed by atoms with E-state index in [1.807, 2.05) is 16.8 Å².